The number of ether oxygens (including phenoxy) is 2. The first-order valence-electron chi connectivity index (χ1n) is 7.53. The second-order valence-electron chi connectivity index (χ2n) is 5.19. The van der Waals surface area contributed by atoms with Crippen LogP contribution in [0, 0.1) is 0 Å². The number of carbonyl (C=O) groups excluding carboxylic acids is 2. The smallest absolute Gasteiger partial charge is 0.308 e. The first-order valence-corrected chi connectivity index (χ1v) is 7.53. The molecule has 0 spiro atoms. The molecule has 1 heterocycles. The molecule has 1 aromatic rings. The highest BCUT2D eigenvalue weighted by Gasteiger charge is 2.20. The fraction of sp³-hybridized carbons (Fsp3) is 0.500. The Morgan fingerprint density at radius 1 is 1.27 bits per heavy atom. The Labute approximate surface area is 130 Å². The fourth-order valence-corrected chi connectivity index (χ4v) is 2.29. The Bertz CT molecular complexity index is 495. The molecule has 1 saturated heterocycles. The van der Waals surface area contributed by atoms with Gasteiger partial charge in [-0.05, 0) is 43.7 Å². The summed E-state index contributed by atoms with van der Waals surface area (Å²) < 4.78 is 9.97. The Morgan fingerprint density at radius 2 is 2.05 bits per heavy atom. The molecule has 1 amide bonds. The molecule has 6 heteroatoms. The van der Waals surface area contributed by atoms with E-state index < -0.39 is 0 Å². The fourth-order valence-electron chi connectivity index (χ4n) is 2.29. The Kier molecular flexibility index (Phi) is 6.21. The van der Waals surface area contributed by atoms with Gasteiger partial charge in [0.2, 0.25) is 5.91 Å². The molecule has 120 valence electrons. The average molecular weight is 306 g/mol. The van der Waals surface area contributed by atoms with Gasteiger partial charge in [0.15, 0.2) is 0 Å². The third kappa shape index (κ3) is 5.04. The SMILES string of the molecule is COC(=O)CCOc1ccc(NC(=O)C2CCCCN2)cc1. The first-order chi connectivity index (χ1) is 10.7. The molecule has 1 atom stereocenters. The summed E-state index contributed by atoms with van der Waals surface area (Å²) in [6, 6.07) is 7.00. The van der Waals surface area contributed by atoms with Gasteiger partial charge in [0.1, 0.15) is 5.75 Å². The molecule has 1 aliphatic rings. The molecule has 2 rings (SSSR count). The van der Waals surface area contributed by atoms with Crippen LogP contribution in [0.3, 0.4) is 0 Å². The predicted octanol–water partition coefficient (Wildman–Crippen LogP) is 1.71. The van der Waals surface area contributed by atoms with Crippen molar-refractivity contribution in [3.05, 3.63) is 24.3 Å². The number of amides is 1. The molecule has 0 saturated carbocycles. The van der Waals surface area contributed by atoms with Gasteiger partial charge in [-0.25, -0.2) is 0 Å². The van der Waals surface area contributed by atoms with E-state index in [4.69, 9.17) is 4.74 Å². The molecule has 0 radical (unpaired) electrons. The van der Waals surface area contributed by atoms with Crippen molar-refractivity contribution < 1.29 is 19.1 Å². The van der Waals surface area contributed by atoms with Gasteiger partial charge in [-0.3, -0.25) is 9.59 Å². The Morgan fingerprint density at radius 3 is 2.68 bits per heavy atom. The van der Waals surface area contributed by atoms with Crippen molar-refractivity contribution in [1.82, 2.24) is 5.32 Å². The molecule has 1 aliphatic heterocycles. The van der Waals surface area contributed by atoms with Gasteiger partial charge in [-0.1, -0.05) is 6.42 Å². The van der Waals surface area contributed by atoms with E-state index in [0.717, 1.165) is 31.5 Å². The maximum atomic E-state index is 12.1. The van der Waals surface area contributed by atoms with E-state index in [9.17, 15) is 9.59 Å². The zero-order valence-corrected chi connectivity index (χ0v) is 12.8. The van der Waals surface area contributed by atoms with Crippen molar-refractivity contribution in [2.24, 2.45) is 0 Å². The Balaban J connectivity index is 1.78. The summed E-state index contributed by atoms with van der Waals surface area (Å²) in [5, 5.41) is 6.11. The van der Waals surface area contributed by atoms with Gasteiger partial charge in [-0.15, -0.1) is 0 Å². The van der Waals surface area contributed by atoms with E-state index >= 15 is 0 Å². The molecule has 0 bridgehead atoms. The summed E-state index contributed by atoms with van der Waals surface area (Å²) in [6.45, 7) is 1.16. The lowest BCUT2D eigenvalue weighted by molar-refractivity contribution is -0.141. The van der Waals surface area contributed by atoms with Crippen LogP contribution in [0.1, 0.15) is 25.7 Å². The molecule has 22 heavy (non-hydrogen) atoms. The number of hydrogen-bond acceptors (Lipinski definition) is 5. The third-order valence-electron chi connectivity index (χ3n) is 3.55. The topological polar surface area (TPSA) is 76.7 Å². The van der Waals surface area contributed by atoms with Crippen LogP contribution < -0.4 is 15.4 Å². The summed E-state index contributed by atoms with van der Waals surface area (Å²) in [4.78, 5) is 23.0. The van der Waals surface area contributed by atoms with Crippen LogP contribution in [0.4, 0.5) is 5.69 Å². The first kappa shape index (κ1) is 16.3. The minimum absolute atomic E-state index is 0.000871. The van der Waals surface area contributed by atoms with Crippen molar-refractivity contribution in [2.45, 2.75) is 31.7 Å². The van der Waals surface area contributed by atoms with E-state index in [1.165, 1.54) is 7.11 Å². The summed E-state index contributed by atoms with van der Waals surface area (Å²) >= 11 is 0. The lowest BCUT2D eigenvalue weighted by Gasteiger charge is -2.22. The minimum Gasteiger partial charge on any atom is -0.493 e. The molecule has 0 aliphatic carbocycles. The normalized spacial score (nSPS) is 17.6. The van der Waals surface area contributed by atoms with Crippen molar-refractivity contribution in [2.75, 3.05) is 25.6 Å². The van der Waals surface area contributed by atoms with Crippen LogP contribution in [0.5, 0.6) is 5.75 Å². The molecule has 1 unspecified atom stereocenters. The third-order valence-corrected chi connectivity index (χ3v) is 3.55. The number of rotatable bonds is 6. The van der Waals surface area contributed by atoms with Crippen LogP contribution in [-0.4, -0.2) is 38.2 Å². The number of piperidine rings is 1. The monoisotopic (exact) mass is 306 g/mol. The van der Waals surface area contributed by atoms with E-state index in [0.29, 0.717) is 5.75 Å². The van der Waals surface area contributed by atoms with Crippen molar-refractivity contribution in [3.63, 3.8) is 0 Å². The number of hydrogen-bond donors (Lipinski definition) is 2. The second-order valence-corrected chi connectivity index (χ2v) is 5.19. The van der Waals surface area contributed by atoms with Crippen LogP contribution >= 0.6 is 0 Å². The number of esters is 1. The lowest BCUT2D eigenvalue weighted by Crippen LogP contribution is -2.43. The summed E-state index contributed by atoms with van der Waals surface area (Å²) in [5.74, 6) is 0.348. The lowest BCUT2D eigenvalue weighted by atomic mass is 10.0. The van der Waals surface area contributed by atoms with Gasteiger partial charge in [0.25, 0.3) is 0 Å². The van der Waals surface area contributed by atoms with Crippen molar-refractivity contribution in [3.8, 4) is 5.75 Å². The predicted molar refractivity (Wildman–Crippen MR) is 82.8 cm³/mol. The zero-order chi connectivity index (χ0) is 15.8. The molecule has 6 nitrogen and oxygen atoms in total. The molecule has 2 N–H and O–H groups in total. The summed E-state index contributed by atoms with van der Waals surface area (Å²) in [6.07, 6.45) is 3.29. The van der Waals surface area contributed by atoms with Gasteiger partial charge >= 0.3 is 5.97 Å². The minimum atomic E-state index is -0.302. The highest BCUT2D eigenvalue weighted by atomic mass is 16.5. The van der Waals surface area contributed by atoms with Gasteiger partial charge in [0, 0.05) is 5.69 Å². The van der Waals surface area contributed by atoms with Gasteiger partial charge in [0.05, 0.1) is 26.2 Å². The van der Waals surface area contributed by atoms with Gasteiger partial charge in [-0.2, -0.15) is 0 Å². The van der Waals surface area contributed by atoms with Crippen LogP contribution in [0.2, 0.25) is 0 Å². The van der Waals surface area contributed by atoms with E-state index in [-0.39, 0.29) is 30.9 Å². The molecule has 1 fully saturated rings. The number of carbonyl (C=O) groups is 2. The average Bonchev–Trinajstić information content (AvgIpc) is 2.57. The highest BCUT2D eigenvalue weighted by Crippen LogP contribution is 2.17. The largest absolute Gasteiger partial charge is 0.493 e. The molecular formula is C16H22N2O4. The highest BCUT2D eigenvalue weighted by molar-refractivity contribution is 5.94. The maximum Gasteiger partial charge on any atom is 0.308 e. The number of benzene rings is 1. The quantitative estimate of drug-likeness (QED) is 0.782. The summed E-state index contributed by atoms with van der Waals surface area (Å²) in [5.41, 5.74) is 0.734. The molecular weight excluding hydrogens is 284 g/mol. The van der Waals surface area contributed by atoms with Crippen molar-refractivity contribution in [1.29, 1.82) is 0 Å². The number of anilines is 1. The summed E-state index contributed by atoms with van der Waals surface area (Å²) in [7, 11) is 1.35. The number of methoxy groups -OCH3 is 1. The van der Waals surface area contributed by atoms with Crippen LogP contribution in [-0.2, 0) is 14.3 Å². The van der Waals surface area contributed by atoms with Crippen LogP contribution in [0.15, 0.2) is 24.3 Å². The van der Waals surface area contributed by atoms with E-state index in [1.54, 1.807) is 24.3 Å². The maximum absolute atomic E-state index is 12.1. The van der Waals surface area contributed by atoms with E-state index in [2.05, 4.69) is 15.4 Å². The Hall–Kier alpha value is -2.08. The van der Waals surface area contributed by atoms with Crippen LogP contribution in [0.25, 0.3) is 0 Å². The molecule has 1 aromatic carbocycles. The second kappa shape index (κ2) is 8.38. The zero-order valence-electron chi connectivity index (χ0n) is 12.8. The van der Waals surface area contributed by atoms with Crippen molar-refractivity contribution >= 4 is 17.6 Å². The number of nitrogens with one attached hydrogen (secondary N) is 2. The molecule has 0 aromatic heterocycles. The van der Waals surface area contributed by atoms with E-state index in [1.807, 2.05) is 0 Å². The standard InChI is InChI=1S/C16H22N2O4/c1-21-15(19)9-11-22-13-7-5-12(6-8-13)18-16(20)14-4-2-3-10-17-14/h5-8,14,17H,2-4,9-11H2,1H3,(H,18,20). The van der Waals surface area contributed by atoms with Gasteiger partial charge < -0.3 is 20.1 Å².